The quantitative estimate of drug-likeness (QED) is 0.691. The van der Waals surface area contributed by atoms with Crippen LogP contribution in [0.4, 0.5) is 0 Å². The van der Waals surface area contributed by atoms with Crippen LogP contribution >= 0.6 is 12.4 Å². The smallest absolute Gasteiger partial charge is 0.335 e. The van der Waals surface area contributed by atoms with Gasteiger partial charge in [0.05, 0.1) is 12.7 Å². The van der Waals surface area contributed by atoms with Crippen molar-refractivity contribution < 1.29 is 14.6 Å². The molecule has 1 fully saturated rings. The van der Waals surface area contributed by atoms with Crippen molar-refractivity contribution in [3.8, 4) is 5.75 Å². The van der Waals surface area contributed by atoms with Crippen LogP contribution in [0.5, 0.6) is 5.75 Å². The van der Waals surface area contributed by atoms with Gasteiger partial charge in [-0.3, -0.25) is 0 Å². The first-order chi connectivity index (χ1) is 13.5. The summed E-state index contributed by atoms with van der Waals surface area (Å²) in [6, 6.07) is 15.6. The highest BCUT2D eigenvalue weighted by atomic mass is 35.5. The zero-order valence-electron chi connectivity index (χ0n) is 17.3. The van der Waals surface area contributed by atoms with E-state index in [9.17, 15) is 9.90 Å². The predicted octanol–water partition coefficient (Wildman–Crippen LogP) is 5.34. The fourth-order valence-electron chi connectivity index (χ4n) is 4.20. The molecule has 4 nitrogen and oxygen atoms in total. The van der Waals surface area contributed by atoms with Crippen LogP contribution in [0.2, 0.25) is 0 Å². The summed E-state index contributed by atoms with van der Waals surface area (Å²) in [6.07, 6.45) is 5.34. The maximum atomic E-state index is 11.3. The van der Waals surface area contributed by atoms with E-state index in [1.54, 1.807) is 19.2 Å². The van der Waals surface area contributed by atoms with Gasteiger partial charge >= 0.3 is 5.97 Å². The van der Waals surface area contributed by atoms with Crippen LogP contribution in [-0.4, -0.2) is 43.7 Å². The molecule has 1 aliphatic carbocycles. The molecule has 0 bridgehead atoms. The molecule has 1 aliphatic rings. The molecule has 0 radical (unpaired) electrons. The number of hydrogen-bond donors (Lipinski definition) is 1. The van der Waals surface area contributed by atoms with E-state index in [4.69, 9.17) is 4.74 Å². The normalized spacial score (nSPS) is 20.3. The molecule has 3 rings (SSSR count). The monoisotopic (exact) mass is 415 g/mol. The standard InChI is InChI=1S/C24H29NO3.ClH/c1-25(2)16-21-11-10-18(12-17-6-4-8-20(13-17)24(26)27)14-23(21)19-7-5-9-22(15-19)28-3;/h4-9,12-13,15,21,23H,10-11,14,16H2,1-3H3,(H,26,27);1H/b18-12-;. The molecule has 0 aliphatic heterocycles. The Kier molecular flexibility index (Phi) is 8.30. The molecule has 0 spiro atoms. The maximum absolute atomic E-state index is 11.3. The third-order valence-electron chi connectivity index (χ3n) is 5.51. The maximum Gasteiger partial charge on any atom is 0.335 e. The number of halogens is 1. The number of ether oxygens (including phenoxy) is 1. The molecular formula is C24H30ClNO3. The van der Waals surface area contributed by atoms with Crippen LogP contribution in [-0.2, 0) is 0 Å². The molecule has 2 aromatic rings. The summed E-state index contributed by atoms with van der Waals surface area (Å²) in [7, 11) is 5.97. The first-order valence-electron chi connectivity index (χ1n) is 9.77. The minimum absolute atomic E-state index is 0. The SMILES string of the molecule is COc1cccc(C2C/C(=C\c3cccc(C(=O)O)c3)CCC2CN(C)C)c1.Cl. The van der Waals surface area contributed by atoms with E-state index in [1.165, 1.54) is 11.1 Å². The number of rotatable bonds is 6. The van der Waals surface area contributed by atoms with Crippen molar-refractivity contribution in [1.82, 2.24) is 4.90 Å². The molecule has 0 saturated heterocycles. The van der Waals surface area contributed by atoms with E-state index in [1.807, 2.05) is 18.2 Å². The Bertz CT molecular complexity index is 863. The first kappa shape index (κ1) is 23.0. The number of methoxy groups -OCH3 is 1. The minimum Gasteiger partial charge on any atom is -0.497 e. The number of nitrogens with zero attached hydrogens (tertiary/aromatic N) is 1. The molecular weight excluding hydrogens is 386 g/mol. The topological polar surface area (TPSA) is 49.8 Å². The van der Waals surface area contributed by atoms with E-state index in [-0.39, 0.29) is 12.4 Å². The Labute approximate surface area is 179 Å². The second-order valence-electron chi connectivity index (χ2n) is 7.88. The Balaban J connectivity index is 0.00000300. The molecule has 2 unspecified atom stereocenters. The van der Waals surface area contributed by atoms with Crippen LogP contribution in [0.25, 0.3) is 6.08 Å². The zero-order valence-corrected chi connectivity index (χ0v) is 18.1. The minimum atomic E-state index is -0.885. The van der Waals surface area contributed by atoms with Crippen molar-refractivity contribution in [3.05, 3.63) is 70.8 Å². The van der Waals surface area contributed by atoms with Crippen molar-refractivity contribution in [1.29, 1.82) is 0 Å². The molecule has 2 atom stereocenters. The Morgan fingerprint density at radius 2 is 1.97 bits per heavy atom. The molecule has 2 aromatic carbocycles. The molecule has 1 N–H and O–H groups in total. The summed E-state index contributed by atoms with van der Waals surface area (Å²) in [6.45, 7) is 1.06. The van der Waals surface area contributed by atoms with Gasteiger partial charge in [-0.15, -0.1) is 12.4 Å². The summed E-state index contributed by atoms with van der Waals surface area (Å²) >= 11 is 0. The van der Waals surface area contributed by atoms with Gasteiger partial charge in [0, 0.05) is 6.54 Å². The summed E-state index contributed by atoms with van der Waals surface area (Å²) in [5.74, 6) is 1.03. The van der Waals surface area contributed by atoms with Crippen LogP contribution in [0.3, 0.4) is 0 Å². The molecule has 5 heteroatoms. The largest absolute Gasteiger partial charge is 0.497 e. The fourth-order valence-corrected chi connectivity index (χ4v) is 4.20. The Morgan fingerprint density at radius 1 is 1.21 bits per heavy atom. The third kappa shape index (κ3) is 6.09. The highest BCUT2D eigenvalue weighted by Gasteiger charge is 2.29. The number of allylic oxidation sites excluding steroid dienone is 1. The third-order valence-corrected chi connectivity index (χ3v) is 5.51. The van der Waals surface area contributed by atoms with Gasteiger partial charge in [-0.25, -0.2) is 4.79 Å². The molecule has 0 heterocycles. The molecule has 29 heavy (non-hydrogen) atoms. The molecule has 1 saturated carbocycles. The lowest BCUT2D eigenvalue weighted by molar-refractivity contribution is 0.0697. The number of carboxylic acids is 1. The van der Waals surface area contributed by atoms with E-state index >= 15 is 0 Å². The molecule has 0 aromatic heterocycles. The van der Waals surface area contributed by atoms with E-state index in [2.05, 4.69) is 43.3 Å². The van der Waals surface area contributed by atoms with Crippen molar-refractivity contribution in [2.24, 2.45) is 5.92 Å². The lowest BCUT2D eigenvalue weighted by Crippen LogP contribution is -2.29. The second kappa shape index (κ2) is 10.5. The van der Waals surface area contributed by atoms with E-state index < -0.39 is 5.97 Å². The number of benzene rings is 2. The molecule has 0 amide bonds. The average molecular weight is 416 g/mol. The average Bonchev–Trinajstić information content (AvgIpc) is 2.69. The Morgan fingerprint density at radius 3 is 2.66 bits per heavy atom. The highest BCUT2D eigenvalue weighted by Crippen LogP contribution is 2.42. The van der Waals surface area contributed by atoms with Gasteiger partial charge in [-0.1, -0.05) is 35.9 Å². The van der Waals surface area contributed by atoms with Crippen molar-refractivity contribution in [3.63, 3.8) is 0 Å². The van der Waals surface area contributed by atoms with Crippen LogP contribution in [0, 0.1) is 5.92 Å². The van der Waals surface area contributed by atoms with Gasteiger partial charge in [0.2, 0.25) is 0 Å². The number of aromatic carboxylic acids is 1. The van der Waals surface area contributed by atoms with Crippen molar-refractivity contribution in [2.45, 2.75) is 25.2 Å². The number of hydrogen-bond acceptors (Lipinski definition) is 3. The molecule has 156 valence electrons. The summed E-state index contributed by atoms with van der Waals surface area (Å²) in [4.78, 5) is 13.5. The zero-order chi connectivity index (χ0) is 20.1. The fraction of sp³-hybridized carbons (Fsp3) is 0.375. The summed E-state index contributed by atoms with van der Waals surface area (Å²) in [5, 5.41) is 9.24. The lowest BCUT2D eigenvalue weighted by Gasteiger charge is -2.35. The van der Waals surface area contributed by atoms with E-state index in [0.717, 1.165) is 37.1 Å². The Hall–Kier alpha value is -2.30. The highest BCUT2D eigenvalue weighted by molar-refractivity contribution is 5.88. The second-order valence-corrected chi connectivity index (χ2v) is 7.88. The van der Waals surface area contributed by atoms with Gasteiger partial charge in [0.15, 0.2) is 0 Å². The van der Waals surface area contributed by atoms with Gasteiger partial charge in [0.1, 0.15) is 5.75 Å². The van der Waals surface area contributed by atoms with Crippen LogP contribution in [0.1, 0.15) is 46.7 Å². The van der Waals surface area contributed by atoms with Crippen molar-refractivity contribution in [2.75, 3.05) is 27.7 Å². The van der Waals surface area contributed by atoms with Gasteiger partial charge < -0.3 is 14.7 Å². The van der Waals surface area contributed by atoms with Crippen LogP contribution < -0.4 is 4.74 Å². The van der Waals surface area contributed by atoms with Gasteiger partial charge in [-0.05, 0) is 80.6 Å². The summed E-state index contributed by atoms with van der Waals surface area (Å²) in [5.41, 5.74) is 3.99. The van der Waals surface area contributed by atoms with E-state index in [0.29, 0.717) is 17.4 Å². The van der Waals surface area contributed by atoms with Gasteiger partial charge in [0.25, 0.3) is 0 Å². The first-order valence-corrected chi connectivity index (χ1v) is 9.77. The van der Waals surface area contributed by atoms with Crippen molar-refractivity contribution >= 4 is 24.5 Å². The van der Waals surface area contributed by atoms with Gasteiger partial charge in [-0.2, -0.15) is 0 Å². The number of carbonyl (C=O) groups is 1. The predicted molar refractivity (Wildman–Crippen MR) is 120 cm³/mol. The lowest BCUT2D eigenvalue weighted by atomic mass is 9.73. The summed E-state index contributed by atoms with van der Waals surface area (Å²) < 4.78 is 5.44. The van der Waals surface area contributed by atoms with Crippen LogP contribution in [0.15, 0.2) is 54.1 Å². The number of carboxylic acid groups (broad SMARTS) is 1.